The minimum atomic E-state index is -1.05. The number of urea groups is 1. The first-order valence-electron chi connectivity index (χ1n) is 10.9. The van der Waals surface area contributed by atoms with Crippen molar-refractivity contribution in [1.29, 1.82) is 0 Å². The molecule has 36 heavy (non-hydrogen) atoms. The summed E-state index contributed by atoms with van der Waals surface area (Å²) in [5, 5.41) is 6.21. The third kappa shape index (κ3) is 5.67. The molecular formula is C23H21F4N7O2. The number of nitrogen functional groups attached to an aromatic ring is 1. The summed E-state index contributed by atoms with van der Waals surface area (Å²) in [6.07, 6.45) is 2.42. The minimum Gasteiger partial charge on any atom is -0.368 e. The summed E-state index contributed by atoms with van der Waals surface area (Å²) in [5.74, 6) is -4.12. The summed E-state index contributed by atoms with van der Waals surface area (Å²) in [6, 6.07) is 4.47. The number of carbonyl (C=O) groups excluding carboxylic acids is 1. The number of aromatic nitrogens is 3. The predicted molar refractivity (Wildman–Crippen MR) is 122 cm³/mol. The van der Waals surface area contributed by atoms with E-state index in [2.05, 4.69) is 25.4 Å². The van der Waals surface area contributed by atoms with Crippen molar-refractivity contribution < 1.29 is 27.2 Å². The molecule has 9 nitrogen and oxygen atoms in total. The van der Waals surface area contributed by atoms with Gasteiger partial charge in [0, 0.05) is 42.9 Å². The number of nitrogens with one attached hydrogen (secondary N) is 1. The highest BCUT2D eigenvalue weighted by molar-refractivity contribution is 5.99. The minimum absolute atomic E-state index is 0.0379. The summed E-state index contributed by atoms with van der Waals surface area (Å²) >= 11 is 0. The number of hydrogen-bond acceptors (Lipinski definition) is 7. The first-order chi connectivity index (χ1) is 17.2. The normalized spacial score (nSPS) is 14.6. The van der Waals surface area contributed by atoms with Crippen LogP contribution in [0.4, 0.5) is 34.0 Å². The molecule has 1 fully saturated rings. The van der Waals surface area contributed by atoms with E-state index in [9.17, 15) is 22.4 Å². The molecule has 1 aliphatic heterocycles. The maximum Gasteiger partial charge on any atom is 0.322 e. The number of nitrogens with two attached hydrogens (primary N) is 1. The van der Waals surface area contributed by atoms with Crippen molar-refractivity contribution in [3.05, 3.63) is 71.3 Å². The third-order valence-corrected chi connectivity index (χ3v) is 5.61. The topological polar surface area (TPSA) is 119 Å². The van der Waals surface area contributed by atoms with Gasteiger partial charge in [-0.05, 0) is 31.9 Å². The zero-order valence-corrected chi connectivity index (χ0v) is 19.0. The van der Waals surface area contributed by atoms with Gasteiger partial charge < -0.3 is 20.8 Å². The zero-order chi connectivity index (χ0) is 25.8. The van der Waals surface area contributed by atoms with Crippen molar-refractivity contribution >= 4 is 23.4 Å². The van der Waals surface area contributed by atoms with Gasteiger partial charge in [0.2, 0.25) is 17.8 Å². The van der Waals surface area contributed by atoms with E-state index >= 15 is 0 Å². The van der Waals surface area contributed by atoms with Crippen LogP contribution in [0.2, 0.25) is 0 Å². The first kappa shape index (κ1) is 24.8. The first-order valence-corrected chi connectivity index (χ1v) is 10.9. The Morgan fingerprint density at radius 3 is 2.39 bits per heavy atom. The van der Waals surface area contributed by atoms with Crippen molar-refractivity contribution in [2.24, 2.45) is 5.16 Å². The number of likely N-dealkylation sites (tertiary alicyclic amines) is 1. The van der Waals surface area contributed by atoms with E-state index in [4.69, 9.17) is 10.6 Å². The van der Waals surface area contributed by atoms with E-state index < -0.39 is 35.2 Å². The quantitative estimate of drug-likeness (QED) is 0.233. The van der Waals surface area contributed by atoms with Gasteiger partial charge in [-0.25, -0.2) is 23.5 Å². The van der Waals surface area contributed by atoms with E-state index in [-0.39, 0.29) is 30.7 Å². The van der Waals surface area contributed by atoms with E-state index in [1.165, 1.54) is 17.2 Å². The van der Waals surface area contributed by atoms with Crippen LogP contribution in [0.1, 0.15) is 36.9 Å². The molecule has 2 amide bonds. The lowest BCUT2D eigenvalue weighted by Gasteiger charge is -2.32. The Kier molecular flexibility index (Phi) is 7.27. The smallest absolute Gasteiger partial charge is 0.322 e. The highest BCUT2D eigenvalue weighted by Gasteiger charge is 2.28. The van der Waals surface area contributed by atoms with Gasteiger partial charge in [0.15, 0.2) is 5.75 Å². The van der Waals surface area contributed by atoms with Crippen LogP contribution in [0.25, 0.3) is 0 Å². The number of oxime groups is 1. The molecule has 4 rings (SSSR count). The molecule has 2 aromatic heterocycles. The van der Waals surface area contributed by atoms with Crippen LogP contribution in [0.3, 0.4) is 0 Å². The number of pyridine rings is 1. The number of halogens is 4. The van der Waals surface area contributed by atoms with Crippen molar-refractivity contribution in [1.82, 2.24) is 19.9 Å². The van der Waals surface area contributed by atoms with Gasteiger partial charge in [0.25, 0.3) is 0 Å². The fourth-order valence-corrected chi connectivity index (χ4v) is 3.82. The number of nitrogens with zero attached hydrogens (tertiary/aromatic N) is 5. The van der Waals surface area contributed by atoms with Crippen molar-refractivity contribution in [2.75, 3.05) is 24.1 Å². The molecule has 0 spiro atoms. The molecule has 0 unspecified atom stereocenters. The number of rotatable bonds is 5. The number of benzene rings is 1. The van der Waals surface area contributed by atoms with E-state index in [0.29, 0.717) is 29.8 Å². The van der Waals surface area contributed by atoms with Gasteiger partial charge in [-0.1, -0.05) is 11.2 Å². The SMILES string of the molecule is C/C(=N/Oc1cc(F)nc(F)c1)c1cnc(N)nc1C1CCN(C(=O)Nc2c(F)cccc2F)CC1. The molecule has 0 saturated carbocycles. The van der Waals surface area contributed by atoms with Gasteiger partial charge >= 0.3 is 6.03 Å². The summed E-state index contributed by atoms with van der Waals surface area (Å²) in [5.41, 5.74) is 6.70. The van der Waals surface area contributed by atoms with Crippen LogP contribution in [0.15, 0.2) is 41.7 Å². The number of hydrogen-bond donors (Lipinski definition) is 2. The van der Waals surface area contributed by atoms with Gasteiger partial charge in [0.1, 0.15) is 17.3 Å². The van der Waals surface area contributed by atoms with Crippen molar-refractivity contribution in [3.8, 4) is 5.75 Å². The molecule has 3 heterocycles. The lowest BCUT2D eigenvalue weighted by Crippen LogP contribution is -2.41. The Hall–Kier alpha value is -4.29. The Morgan fingerprint density at radius 2 is 1.75 bits per heavy atom. The van der Waals surface area contributed by atoms with Crippen LogP contribution in [-0.2, 0) is 0 Å². The average molecular weight is 503 g/mol. The molecule has 3 N–H and O–H groups in total. The highest BCUT2D eigenvalue weighted by Crippen LogP contribution is 2.30. The summed E-state index contributed by atoms with van der Waals surface area (Å²) in [7, 11) is 0. The molecule has 3 aromatic rings. The Labute approximate surface area is 203 Å². The van der Waals surface area contributed by atoms with Gasteiger partial charge in [0.05, 0.1) is 11.4 Å². The second-order valence-corrected chi connectivity index (χ2v) is 8.03. The van der Waals surface area contributed by atoms with Gasteiger partial charge in [-0.15, -0.1) is 0 Å². The lowest BCUT2D eigenvalue weighted by molar-refractivity contribution is 0.194. The third-order valence-electron chi connectivity index (χ3n) is 5.61. The summed E-state index contributed by atoms with van der Waals surface area (Å²) in [6.45, 7) is 2.19. The maximum absolute atomic E-state index is 13.9. The fraction of sp³-hybridized carbons (Fsp3) is 0.261. The van der Waals surface area contributed by atoms with Crippen LogP contribution in [0, 0.1) is 23.5 Å². The molecule has 1 saturated heterocycles. The molecular weight excluding hydrogens is 482 g/mol. The van der Waals surface area contributed by atoms with Gasteiger partial charge in [-0.2, -0.15) is 13.8 Å². The predicted octanol–water partition coefficient (Wildman–Crippen LogP) is 4.22. The molecule has 0 bridgehead atoms. The number of piperidine rings is 1. The molecule has 1 aromatic carbocycles. The molecule has 0 atom stereocenters. The van der Waals surface area contributed by atoms with E-state index in [1.54, 1.807) is 6.92 Å². The largest absolute Gasteiger partial charge is 0.368 e. The number of carbonyl (C=O) groups is 1. The van der Waals surface area contributed by atoms with Crippen LogP contribution in [-0.4, -0.2) is 44.7 Å². The molecule has 13 heteroatoms. The number of para-hydroxylation sites is 1. The Bertz CT molecular complexity index is 1270. The summed E-state index contributed by atoms with van der Waals surface area (Å²) in [4.78, 5) is 30.5. The summed E-state index contributed by atoms with van der Waals surface area (Å²) < 4.78 is 54.3. The zero-order valence-electron chi connectivity index (χ0n) is 19.0. The molecule has 0 radical (unpaired) electrons. The van der Waals surface area contributed by atoms with Crippen LogP contribution < -0.4 is 15.9 Å². The van der Waals surface area contributed by atoms with Crippen LogP contribution >= 0.6 is 0 Å². The Morgan fingerprint density at radius 1 is 1.11 bits per heavy atom. The fourth-order valence-electron chi connectivity index (χ4n) is 3.82. The number of amides is 2. The van der Waals surface area contributed by atoms with Crippen LogP contribution in [0.5, 0.6) is 5.75 Å². The van der Waals surface area contributed by atoms with E-state index in [0.717, 1.165) is 24.3 Å². The number of anilines is 2. The van der Waals surface area contributed by atoms with Crippen molar-refractivity contribution in [2.45, 2.75) is 25.7 Å². The Balaban J connectivity index is 1.46. The second kappa shape index (κ2) is 10.5. The van der Waals surface area contributed by atoms with E-state index in [1.807, 2.05) is 0 Å². The lowest BCUT2D eigenvalue weighted by atomic mass is 9.90. The molecule has 0 aliphatic carbocycles. The molecule has 1 aliphatic rings. The monoisotopic (exact) mass is 503 g/mol. The van der Waals surface area contributed by atoms with Gasteiger partial charge in [-0.3, -0.25) is 0 Å². The highest BCUT2D eigenvalue weighted by atomic mass is 19.1. The average Bonchev–Trinajstić information content (AvgIpc) is 2.84. The molecule has 188 valence electrons. The van der Waals surface area contributed by atoms with Crippen molar-refractivity contribution in [3.63, 3.8) is 0 Å². The maximum atomic E-state index is 13.9. The second-order valence-electron chi connectivity index (χ2n) is 8.03. The standard InChI is InChI=1S/C23H21F4N7O2/c1-12(33-36-14-9-18(26)30-19(27)10-14)15-11-29-22(28)31-20(15)13-5-7-34(8-6-13)23(35)32-21-16(24)3-2-4-17(21)25/h2-4,9-11,13H,5-8H2,1H3,(H,32,35)(H2,28,29,31)/b33-12-.